The lowest BCUT2D eigenvalue weighted by atomic mass is 10.0. The summed E-state index contributed by atoms with van der Waals surface area (Å²) in [6.45, 7) is 0.770. The molecule has 0 radical (unpaired) electrons. The molecule has 0 aromatic heterocycles. The Bertz CT molecular complexity index is 840. The molecule has 1 aliphatic heterocycles. The number of carbonyl (C=O) groups excluding carboxylic acids is 1. The van der Waals surface area contributed by atoms with E-state index in [0.717, 1.165) is 42.0 Å². The fourth-order valence-electron chi connectivity index (χ4n) is 3.62. The molecule has 27 heavy (non-hydrogen) atoms. The maximum Gasteiger partial charge on any atom is 0.223 e. The number of hydrogen-bond donors (Lipinski definition) is 0. The van der Waals surface area contributed by atoms with Crippen LogP contribution >= 0.6 is 0 Å². The fraction of sp³-hybridized carbons (Fsp3) is 0.364. The normalized spacial score (nSPS) is 16.0. The monoisotopic (exact) mass is 364 g/mol. The molecule has 5 heteroatoms. The Hall–Kier alpha value is -3.00. The summed E-state index contributed by atoms with van der Waals surface area (Å²) < 4.78 is 10.8. The fourth-order valence-corrected chi connectivity index (χ4v) is 3.62. The van der Waals surface area contributed by atoms with Crippen molar-refractivity contribution < 1.29 is 14.3 Å². The van der Waals surface area contributed by atoms with Gasteiger partial charge in [0.1, 0.15) is 11.5 Å². The Morgan fingerprint density at radius 3 is 2.63 bits per heavy atom. The summed E-state index contributed by atoms with van der Waals surface area (Å²) >= 11 is 0. The first kappa shape index (κ1) is 18.8. The summed E-state index contributed by atoms with van der Waals surface area (Å²) in [4.78, 5) is 14.8. The molecule has 2 aromatic rings. The van der Waals surface area contributed by atoms with Gasteiger partial charge in [-0.2, -0.15) is 5.26 Å². The van der Waals surface area contributed by atoms with Crippen molar-refractivity contribution in [3.8, 4) is 17.6 Å². The van der Waals surface area contributed by atoms with Crippen LogP contribution in [0.4, 0.5) is 0 Å². The largest absolute Gasteiger partial charge is 0.497 e. The average molecular weight is 364 g/mol. The van der Waals surface area contributed by atoms with E-state index in [2.05, 4.69) is 6.07 Å². The standard InChI is InChI=1S/C22H24N2O3/c1-26-18-10-11-19(21(14-18)27-2)20-4-3-13-24(20)22(25)12-9-16-5-7-17(15-23)8-6-16/h5-8,10-11,14,20H,3-4,9,12-13H2,1-2H3/t20-/m0/s1. The predicted octanol–water partition coefficient (Wildman–Crippen LogP) is 3.87. The smallest absolute Gasteiger partial charge is 0.223 e. The number of nitriles is 1. The van der Waals surface area contributed by atoms with E-state index in [0.29, 0.717) is 18.4 Å². The molecule has 1 fully saturated rings. The molecule has 2 aromatic carbocycles. The molecule has 0 unspecified atom stereocenters. The van der Waals surface area contributed by atoms with Gasteiger partial charge in [0.15, 0.2) is 0 Å². The Morgan fingerprint density at radius 2 is 1.96 bits per heavy atom. The second-order valence-electron chi connectivity index (χ2n) is 6.66. The van der Waals surface area contributed by atoms with Gasteiger partial charge in [-0.05, 0) is 49.1 Å². The zero-order chi connectivity index (χ0) is 19.2. The van der Waals surface area contributed by atoms with Crippen LogP contribution < -0.4 is 9.47 Å². The zero-order valence-corrected chi connectivity index (χ0v) is 15.8. The van der Waals surface area contributed by atoms with Gasteiger partial charge in [0.05, 0.1) is 31.9 Å². The molecule has 1 atom stereocenters. The molecule has 1 aliphatic rings. The second-order valence-corrected chi connectivity index (χ2v) is 6.66. The second kappa shape index (κ2) is 8.59. The summed E-state index contributed by atoms with van der Waals surface area (Å²) in [6.07, 6.45) is 3.06. The SMILES string of the molecule is COc1ccc([C@@H]2CCCN2C(=O)CCc2ccc(C#N)cc2)c(OC)c1. The van der Waals surface area contributed by atoms with Crippen molar-refractivity contribution in [2.45, 2.75) is 31.7 Å². The summed E-state index contributed by atoms with van der Waals surface area (Å²) in [5.41, 5.74) is 2.74. The minimum Gasteiger partial charge on any atom is -0.497 e. The number of likely N-dealkylation sites (tertiary alicyclic amines) is 1. The van der Waals surface area contributed by atoms with Gasteiger partial charge < -0.3 is 14.4 Å². The van der Waals surface area contributed by atoms with Crippen molar-refractivity contribution in [3.63, 3.8) is 0 Å². The van der Waals surface area contributed by atoms with Crippen molar-refractivity contribution in [3.05, 3.63) is 59.2 Å². The third-order valence-electron chi connectivity index (χ3n) is 5.08. The van der Waals surface area contributed by atoms with Crippen LogP contribution in [0.15, 0.2) is 42.5 Å². The number of aryl methyl sites for hydroxylation is 1. The van der Waals surface area contributed by atoms with Gasteiger partial charge in [0.2, 0.25) is 5.91 Å². The molecule has 0 aliphatic carbocycles. The third-order valence-corrected chi connectivity index (χ3v) is 5.08. The molecular formula is C22H24N2O3. The van der Waals surface area contributed by atoms with E-state index in [1.165, 1.54) is 0 Å². The van der Waals surface area contributed by atoms with E-state index >= 15 is 0 Å². The highest BCUT2D eigenvalue weighted by Gasteiger charge is 2.31. The van der Waals surface area contributed by atoms with Gasteiger partial charge in [-0.3, -0.25) is 4.79 Å². The topological polar surface area (TPSA) is 62.6 Å². The molecule has 140 valence electrons. The number of rotatable bonds is 6. The maximum atomic E-state index is 12.9. The van der Waals surface area contributed by atoms with Crippen LogP contribution in [-0.2, 0) is 11.2 Å². The Balaban J connectivity index is 1.70. The quantitative estimate of drug-likeness (QED) is 0.780. The van der Waals surface area contributed by atoms with E-state index in [1.54, 1.807) is 26.4 Å². The number of benzene rings is 2. The van der Waals surface area contributed by atoms with E-state index in [1.807, 2.05) is 35.2 Å². The van der Waals surface area contributed by atoms with Crippen LogP contribution in [0.3, 0.4) is 0 Å². The van der Waals surface area contributed by atoms with E-state index < -0.39 is 0 Å². The Morgan fingerprint density at radius 1 is 1.19 bits per heavy atom. The number of carbonyl (C=O) groups is 1. The highest BCUT2D eigenvalue weighted by molar-refractivity contribution is 5.77. The lowest BCUT2D eigenvalue weighted by molar-refractivity contribution is -0.132. The Kier molecular flexibility index (Phi) is 5.97. The lowest BCUT2D eigenvalue weighted by Gasteiger charge is -2.26. The first-order valence-corrected chi connectivity index (χ1v) is 9.16. The first-order valence-electron chi connectivity index (χ1n) is 9.16. The minimum absolute atomic E-state index is 0.0410. The van der Waals surface area contributed by atoms with Gasteiger partial charge in [-0.15, -0.1) is 0 Å². The van der Waals surface area contributed by atoms with Crippen molar-refractivity contribution in [2.24, 2.45) is 0 Å². The van der Waals surface area contributed by atoms with Crippen LogP contribution in [0.1, 0.15) is 42.0 Å². The van der Waals surface area contributed by atoms with Crippen LogP contribution in [0.5, 0.6) is 11.5 Å². The van der Waals surface area contributed by atoms with E-state index in [9.17, 15) is 4.79 Å². The predicted molar refractivity (Wildman–Crippen MR) is 103 cm³/mol. The zero-order valence-electron chi connectivity index (χ0n) is 15.8. The van der Waals surface area contributed by atoms with Crippen LogP contribution in [0.2, 0.25) is 0 Å². The molecule has 1 heterocycles. The summed E-state index contributed by atoms with van der Waals surface area (Å²) in [6, 6.07) is 15.3. The van der Waals surface area contributed by atoms with Gasteiger partial charge in [-0.25, -0.2) is 0 Å². The molecule has 1 amide bonds. The number of hydrogen-bond acceptors (Lipinski definition) is 4. The number of ether oxygens (including phenoxy) is 2. The average Bonchev–Trinajstić information content (AvgIpc) is 3.21. The van der Waals surface area contributed by atoms with E-state index in [4.69, 9.17) is 14.7 Å². The molecule has 1 saturated heterocycles. The molecule has 3 rings (SSSR count). The van der Waals surface area contributed by atoms with Crippen molar-refractivity contribution in [1.29, 1.82) is 5.26 Å². The lowest BCUT2D eigenvalue weighted by Crippen LogP contribution is -2.30. The van der Waals surface area contributed by atoms with E-state index in [-0.39, 0.29) is 11.9 Å². The highest BCUT2D eigenvalue weighted by Crippen LogP contribution is 2.39. The van der Waals surface area contributed by atoms with Gasteiger partial charge >= 0.3 is 0 Å². The van der Waals surface area contributed by atoms with Gasteiger partial charge in [0, 0.05) is 24.6 Å². The number of amides is 1. The van der Waals surface area contributed by atoms with Crippen molar-refractivity contribution in [1.82, 2.24) is 4.90 Å². The van der Waals surface area contributed by atoms with Crippen LogP contribution in [0, 0.1) is 11.3 Å². The van der Waals surface area contributed by atoms with Crippen LogP contribution in [0.25, 0.3) is 0 Å². The number of nitrogens with zero attached hydrogens (tertiary/aromatic N) is 2. The van der Waals surface area contributed by atoms with Crippen molar-refractivity contribution >= 4 is 5.91 Å². The molecule has 0 spiro atoms. The summed E-state index contributed by atoms with van der Waals surface area (Å²) in [5.74, 6) is 1.65. The molecule has 0 N–H and O–H groups in total. The molecule has 5 nitrogen and oxygen atoms in total. The van der Waals surface area contributed by atoms with Gasteiger partial charge in [0.25, 0.3) is 0 Å². The van der Waals surface area contributed by atoms with Gasteiger partial charge in [-0.1, -0.05) is 12.1 Å². The minimum atomic E-state index is 0.0410. The number of methoxy groups -OCH3 is 2. The van der Waals surface area contributed by atoms with Crippen LogP contribution in [-0.4, -0.2) is 31.6 Å². The highest BCUT2D eigenvalue weighted by atomic mass is 16.5. The summed E-state index contributed by atoms with van der Waals surface area (Å²) in [7, 11) is 3.27. The van der Waals surface area contributed by atoms with Crippen molar-refractivity contribution in [2.75, 3.05) is 20.8 Å². The molecule has 0 bridgehead atoms. The Labute approximate surface area is 160 Å². The maximum absolute atomic E-state index is 12.9. The third kappa shape index (κ3) is 4.22. The molecule has 0 saturated carbocycles. The molecular weight excluding hydrogens is 340 g/mol. The summed E-state index contributed by atoms with van der Waals surface area (Å²) in [5, 5.41) is 8.87. The first-order chi connectivity index (χ1) is 13.2.